The number of rotatable bonds is 9. The van der Waals surface area contributed by atoms with Crippen molar-refractivity contribution in [3.8, 4) is 23.0 Å². The predicted octanol–water partition coefficient (Wildman–Crippen LogP) is 7.58. The van der Waals surface area contributed by atoms with Crippen LogP contribution in [0.4, 0.5) is 4.79 Å². The van der Waals surface area contributed by atoms with E-state index in [4.69, 9.17) is 18.9 Å². The summed E-state index contributed by atoms with van der Waals surface area (Å²) in [4.78, 5) is 30.8. The summed E-state index contributed by atoms with van der Waals surface area (Å²) in [5.41, 5.74) is 4.14. The SMILES string of the molecule is C.Cc1oc(-c2ccc(C(C)(C)C)cc2)nc1CCOc1ccc(C[C@@H]2CN(C(=O)Oc3ccccc3)C[C@@H]2C(=O)O)cc1. The third-order valence-electron chi connectivity index (χ3n) is 7.88. The van der Waals surface area contributed by atoms with Crippen LogP contribution >= 0.6 is 0 Å². The van der Waals surface area contributed by atoms with E-state index < -0.39 is 18.0 Å². The Bertz CT molecular complexity index is 1540. The number of oxazole rings is 1. The van der Waals surface area contributed by atoms with Gasteiger partial charge in [-0.2, -0.15) is 0 Å². The number of para-hydroxylation sites is 1. The van der Waals surface area contributed by atoms with Gasteiger partial charge in [0, 0.05) is 25.1 Å². The number of aliphatic carboxylic acids is 1. The van der Waals surface area contributed by atoms with Gasteiger partial charge in [0.2, 0.25) is 5.89 Å². The predicted molar refractivity (Wildman–Crippen MR) is 170 cm³/mol. The first-order valence-corrected chi connectivity index (χ1v) is 14.6. The third kappa shape index (κ3) is 7.86. The summed E-state index contributed by atoms with van der Waals surface area (Å²) in [5.74, 6) is 0.748. The molecule has 4 aromatic rings. The Morgan fingerprint density at radius 2 is 1.64 bits per heavy atom. The van der Waals surface area contributed by atoms with Gasteiger partial charge >= 0.3 is 12.1 Å². The highest BCUT2D eigenvalue weighted by molar-refractivity contribution is 5.75. The Balaban J connectivity index is 0.00000442. The van der Waals surface area contributed by atoms with Crippen molar-refractivity contribution in [1.82, 2.24) is 9.88 Å². The Morgan fingerprint density at radius 3 is 2.27 bits per heavy atom. The number of benzene rings is 3. The molecule has 8 nitrogen and oxygen atoms in total. The molecular weight excluding hydrogens is 556 g/mol. The zero-order valence-corrected chi connectivity index (χ0v) is 25.1. The molecule has 232 valence electrons. The zero-order chi connectivity index (χ0) is 30.6. The van der Waals surface area contributed by atoms with Crippen LogP contribution in [0.3, 0.4) is 0 Å². The van der Waals surface area contributed by atoms with Gasteiger partial charge in [-0.05, 0) is 72.2 Å². The van der Waals surface area contributed by atoms with Crippen molar-refractivity contribution in [2.24, 2.45) is 11.8 Å². The van der Waals surface area contributed by atoms with Crippen molar-refractivity contribution in [1.29, 1.82) is 0 Å². The summed E-state index contributed by atoms with van der Waals surface area (Å²) in [6, 6.07) is 24.8. The average Bonchev–Trinajstić information content (AvgIpc) is 3.58. The largest absolute Gasteiger partial charge is 0.493 e. The van der Waals surface area contributed by atoms with Crippen LogP contribution in [0.2, 0.25) is 0 Å². The summed E-state index contributed by atoms with van der Waals surface area (Å²) in [6.07, 6.45) is 0.606. The number of hydrogen-bond acceptors (Lipinski definition) is 6. The molecule has 2 atom stereocenters. The van der Waals surface area contributed by atoms with Gasteiger partial charge in [0.25, 0.3) is 0 Å². The standard InChI is InChI=1S/C35H38N2O6.CH4/c1-23-31(36-32(42-23)25-12-14-27(15-13-25)35(2,3)4)18-19-41-28-16-10-24(11-17-28)20-26-21-37(22-30(26)33(38)39)34(40)43-29-8-6-5-7-9-29;/h5-17,26,30H,18-22H2,1-4H3,(H,38,39);1H4/t26-,30+;/m1./s1. The minimum absolute atomic E-state index is 0. The quantitative estimate of drug-likeness (QED) is 0.212. The highest BCUT2D eigenvalue weighted by Gasteiger charge is 2.40. The Morgan fingerprint density at radius 1 is 0.955 bits per heavy atom. The van der Waals surface area contributed by atoms with Gasteiger partial charge in [-0.1, -0.05) is 70.7 Å². The van der Waals surface area contributed by atoms with Gasteiger partial charge in [0.05, 0.1) is 18.2 Å². The number of amides is 1. The van der Waals surface area contributed by atoms with Crippen LogP contribution < -0.4 is 9.47 Å². The zero-order valence-electron chi connectivity index (χ0n) is 25.1. The van der Waals surface area contributed by atoms with E-state index in [1.807, 2.05) is 49.4 Å². The first-order valence-electron chi connectivity index (χ1n) is 14.6. The van der Waals surface area contributed by atoms with Crippen LogP contribution in [-0.4, -0.2) is 46.7 Å². The van der Waals surface area contributed by atoms with Crippen molar-refractivity contribution in [2.45, 2.75) is 53.4 Å². The van der Waals surface area contributed by atoms with Gasteiger partial charge in [0.1, 0.15) is 17.3 Å². The molecule has 1 N–H and O–H groups in total. The molecule has 1 aliphatic heterocycles. The lowest BCUT2D eigenvalue weighted by atomic mass is 9.87. The Hall–Kier alpha value is -4.59. The first-order chi connectivity index (χ1) is 20.6. The van der Waals surface area contributed by atoms with Gasteiger partial charge in [-0.15, -0.1) is 0 Å². The highest BCUT2D eigenvalue weighted by atomic mass is 16.6. The van der Waals surface area contributed by atoms with Crippen LogP contribution in [0.25, 0.3) is 11.5 Å². The fraction of sp³-hybridized carbons (Fsp3) is 0.361. The molecule has 1 fully saturated rings. The minimum atomic E-state index is -0.909. The highest BCUT2D eigenvalue weighted by Crippen LogP contribution is 2.30. The van der Waals surface area contributed by atoms with Gasteiger partial charge < -0.3 is 23.9 Å². The van der Waals surface area contributed by atoms with E-state index in [-0.39, 0.29) is 25.3 Å². The molecule has 1 aromatic heterocycles. The van der Waals surface area contributed by atoms with Gasteiger partial charge in [-0.3, -0.25) is 4.79 Å². The number of ether oxygens (including phenoxy) is 2. The molecule has 0 aliphatic carbocycles. The molecule has 5 rings (SSSR count). The Labute approximate surface area is 259 Å². The van der Waals surface area contributed by atoms with Crippen LogP contribution in [0.1, 0.15) is 50.8 Å². The number of carbonyl (C=O) groups excluding carboxylic acids is 1. The van der Waals surface area contributed by atoms with E-state index in [9.17, 15) is 14.7 Å². The molecule has 3 aromatic carbocycles. The van der Waals surface area contributed by atoms with E-state index in [0.717, 1.165) is 28.3 Å². The number of carboxylic acids is 1. The first kappa shape index (κ1) is 32.3. The lowest BCUT2D eigenvalue weighted by Gasteiger charge is -2.18. The van der Waals surface area contributed by atoms with E-state index >= 15 is 0 Å². The molecule has 1 saturated heterocycles. The molecule has 1 amide bonds. The van der Waals surface area contributed by atoms with E-state index in [1.165, 1.54) is 10.5 Å². The van der Waals surface area contributed by atoms with Gasteiger partial charge in [-0.25, -0.2) is 9.78 Å². The number of carboxylic acid groups (broad SMARTS) is 1. The molecule has 0 saturated carbocycles. The van der Waals surface area contributed by atoms with Crippen LogP contribution in [0, 0.1) is 18.8 Å². The second-order valence-electron chi connectivity index (χ2n) is 12.1. The van der Waals surface area contributed by atoms with E-state index in [2.05, 4.69) is 32.9 Å². The normalized spacial score (nSPS) is 16.3. The molecular formula is C36H42N2O6. The summed E-state index contributed by atoms with van der Waals surface area (Å²) in [5, 5.41) is 9.80. The number of carbonyl (C=O) groups is 2. The lowest BCUT2D eigenvalue weighted by molar-refractivity contribution is -0.142. The van der Waals surface area contributed by atoms with Crippen molar-refractivity contribution < 1.29 is 28.6 Å². The number of hydrogen-bond donors (Lipinski definition) is 1. The maximum Gasteiger partial charge on any atom is 0.415 e. The van der Waals surface area contributed by atoms with Crippen molar-refractivity contribution in [3.05, 3.63) is 101 Å². The summed E-state index contributed by atoms with van der Waals surface area (Å²) in [7, 11) is 0. The number of likely N-dealkylation sites (tertiary alicyclic amines) is 1. The molecule has 1 aliphatic rings. The van der Waals surface area contributed by atoms with Crippen LogP contribution in [0.5, 0.6) is 11.5 Å². The molecule has 0 spiro atoms. The van der Waals surface area contributed by atoms with Crippen molar-refractivity contribution in [3.63, 3.8) is 0 Å². The maximum atomic E-state index is 12.7. The van der Waals surface area contributed by atoms with Crippen LogP contribution in [0.15, 0.2) is 83.3 Å². The average molecular weight is 599 g/mol. The summed E-state index contributed by atoms with van der Waals surface area (Å²) in [6.45, 7) is 9.37. The molecule has 8 heteroatoms. The van der Waals surface area contributed by atoms with Crippen LogP contribution in [-0.2, 0) is 23.1 Å². The maximum absolute atomic E-state index is 12.7. The minimum Gasteiger partial charge on any atom is -0.493 e. The molecule has 2 heterocycles. The lowest BCUT2D eigenvalue weighted by Crippen LogP contribution is -2.32. The van der Waals surface area contributed by atoms with Crippen molar-refractivity contribution >= 4 is 12.1 Å². The van der Waals surface area contributed by atoms with Gasteiger partial charge in [0.15, 0.2) is 0 Å². The van der Waals surface area contributed by atoms with Crippen molar-refractivity contribution in [2.75, 3.05) is 19.7 Å². The number of aryl methyl sites for hydroxylation is 1. The second kappa shape index (κ2) is 13.8. The monoisotopic (exact) mass is 598 g/mol. The summed E-state index contributed by atoms with van der Waals surface area (Å²) >= 11 is 0. The number of aromatic nitrogens is 1. The molecule has 0 radical (unpaired) electrons. The van der Waals surface area contributed by atoms with E-state index in [0.29, 0.717) is 37.6 Å². The molecule has 0 unspecified atom stereocenters. The third-order valence-corrected chi connectivity index (χ3v) is 7.88. The smallest absolute Gasteiger partial charge is 0.415 e. The number of nitrogens with zero attached hydrogens (tertiary/aromatic N) is 2. The van der Waals surface area contributed by atoms with E-state index in [1.54, 1.807) is 24.3 Å². The Kier molecular flexibility index (Phi) is 10.1. The topological polar surface area (TPSA) is 102 Å². The molecule has 0 bridgehead atoms. The fourth-order valence-corrected chi connectivity index (χ4v) is 5.35. The summed E-state index contributed by atoms with van der Waals surface area (Å²) < 4.78 is 17.3. The second-order valence-corrected chi connectivity index (χ2v) is 12.1. The fourth-order valence-electron chi connectivity index (χ4n) is 5.35. The molecule has 44 heavy (non-hydrogen) atoms.